The van der Waals surface area contributed by atoms with E-state index in [9.17, 15) is 4.79 Å². The molecule has 7 heteroatoms. The van der Waals surface area contributed by atoms with Gasteiger partial charge < -0.3 is 9.15 Å². The molecule has 0 saturated carbocycles. The van der Waals surface area contributed by atoms with Gasteiger partial charge in [0, 0.05) is 38.5 Å². The Morgan fingerprint density at radius 1 is 1.32 bits per heavy atom. The SMILES string of the molecule is CCOc1cc2occ(-c3cccc(Br)c3)c2cc1/C(C)=C/C(=O)Nc1nc(C)cs1. The van der Waals surface area contributed by atoms with Gasteiger partial charge in [0.05, 0.1) is 18.6 Å². The van der Waals surface area contributed by atoms with Gasteiger partial charge in [-0.2, -0.15) is 0 Å². The van der Waals surface area contributed by atoms with Crippen molar-refractivity contribution < 1.29 is 13.9 Å². The van der Waals surface area contributed by atoms with E-state index in [-0.39, 0.29) is 5.91 Å². The van der Waals surface area contributed by atoms with Gasteiger partial charge in [0.15, 0.2) is 5.13 Å². The van der Waals surface area contributed by atoms with Gasteiger partial charge in [0.25, 0.3) is 0 Å². The molecule has 2 heterocycles. The molecule has 2 aromatic carbocycles. The van der Waals surface area contributed by atoms with Crippen LogP contribution in [0, 0.1) is 6.92 Å². The molecule has 0 aliphatic carbocycles. The molecule has 0 radical (unpaired) electrons. The topological polar surface area (TPSA) is 64.4 Å². The van der Waals surface area contributed by atoms with Crippen molar-refractivity contribution in [1.82, 2.24) is 4.98 Å². The molecule has 2 aromatic heterocycles. The van der Waals surface area contributed by atoms with Gasteiger partial charge in [0.1, 0.15) is 11.3 Å². The number of ether oxygens (including phenoxy) is 1. The Hall–Kier alpha value is -2.90. The van der Waals surface area contributed by atoms with Gasteiger partial charge >= 0.3 is 0 Å². The zero-order valence-corrected chi connectivity index (χ0v) is 19.8. The Balaban J connectivity index is 1.74. The van der Waals surface area contributed by atoms with Crippen molar-refractivity contribution in [1.29, 1.82) is 0 Å². The van der Waals surface area contributed by atoms with Crippen LogP contribution in [-0.4, -0.2) is 17.5 Å². The molecule has 0 aliphatic rings. The van der Waals surface area contributed by atoms with E-state index < -0.39 is 0 Å². The number of allylic oxidation sites excluding steroid dienone is 1. The molecule has 158 valence electrons. The lowest BCUT2D eigenvalue weighted by Crippen LogP contribution is -2.08. The third-order valence-electron chi connectivity index (χ3n) is 4.73. The van der Waals surface area contributed by atoms with Crippen molar-refractivity contribution in [2.75, 3.05) is 11.9 Å². The minimum absolute atomic E-state index is 0.228. The number of aromatic nitrogens is 1. The monoisotopic (exact) mass is 496 g/mol. The average molecular weight is 497 g/mol. The van der Waals surface area contributed by atoms with Crippen LogP contribution in [0.1, 0.15) is 25.1 Å². The number of benzene rings is 2. The fourth-order valence-corrected chi connectivity index (χ4v) is 4.44. The van der Waals surface area contributed by atoms with Crippen LogP contribution in [0.25, 0.3) is 27.7 Å². The number of furan rings is 1. The van der Waals surface area contributed by atoms with E-state index in [0.717, 1.165) is 43.4 Å². The van der Waals surface area contributed by atoms with Crippen molar-refractivity contribution in [3.05, 3.63) is 69.8 Å². The number of amides is 1. The van der Waals surface area contributed by atoms with Crippen LogP contribution in [0.3, 0.4) is 0 Å². The lowest BCUT2D eigenvalue weighted by atomic mass is 9.99. The van der Waals surface area contributed by atoms with Gasteiger partial charge in [-0.15, -0.1) is 11.3 Å². The Bertz CT molecular complexity index is 1290. The lowest BCUT2D eigenvalue weighted by molar-refractivity contribution is -0.111. The van der Waals surface area contributed by atoms with Crippen LogP contribution in [0.15, 0.2) is 63.0 Å². The summed E-state index contributed by atoms with van der Waals surface area (Å²) >= 11 is 4.93. The smallest absolute Gasteiger partial charge is 0.250 e. The molecule has 4 rings (SSSR count). The number of nitrogens with one attached hydrogen (secondary N) is 1. The van der Waals surface area contributed by atoms with Gasteiger partial charge in [-0.25, -0.2) is 4.98 Å². The Labute approximate surface area is 192 Å². The molecule has 0 fully saturated rings. The molecule has 0 saturated heterocycles. The molecule has 0 aliphatic heterocycles. The maximum Gasteiger partial charge on any atom is 0.250 e. The summed E-state index contributed by atoms with van der Waals surface area (Å²) in [6.45, 7) is 6.23. The molecule has 1 amide bonds. The summed E-state index contributed by atoms with van der Waals surface area (Å²) in [5, 5.41) is 6.26. The number of aryl methyl sites for hydroxylation is 1. The standard InChI is InChI=1S/C24H21BrN2O3S/c1-4-29-21-11-22-19(20(12-30-22)16-6-5-7-17(25)9-16)10-18(21)14(2)8-23(28)27-24-26-15(3)13-31-24/h5-13H,4H2,1-3H3,(H,26,27,28)/b14-8+. The summed E-state index contributed by atoms with van der Waals surface area (Å²) in [4.78, 5) is 16.8. The maximum absolute atomic E-state index is 12.5. The fourth-order valence-electron chi connectivity index (χ4n) is 3.34. The molecule has 0 spiro atoms. The van der Waals surface area contributed by atoms with E-state index in [1.165, 1.54) is 11.3 Å². The number of hydrogen-bond donors (Lipinski definition) is 1. The highest BCUT2D eigenvalue weighted by Gasteiger charge is 2.15. The first kappa shape index (κ1) is 21.3. The second-order valence-corrected chi connectivity index (χ2v) is 8.82. The van der Waals surface area contributed by atoms with Gasteiger partial charge in [0.2, 0.25) is 5.91 Å². The van der Waals surface area contributed by atoms with Gasteiger partial charge in [-0.3, -0.25) is 10.1 Å². The number of hydrogen-bond acceptors (Lipinski definition) is 5. The van der Waals surface area contributed by atoms with Crippen molar-refractivity contribution in [3.8, 4) is 16.9 Å². The van der Waals surface area contributed by atoms with E-state index in [4.69, 9.17) is 9.15 Å². The highest BCUT2D eigenvalue weighted by molar-refractivity contribution is 9.10. The summed E-state index contributed by atoms with van der Waals surface area (Å²) in [5.41, 5.74) is 5.27. The van der Waals surface area contributed by atoms with E-state index in [2.05, 4.69) is 26.2 Å². The molecule has 1 N–H and O–H groups in total. The van der Waals surface area contributed by atoms with E-state index in [1.807, 2.05) is 62.5 Å². The van der Waals surface area contributed by atoms with E-state index in [1.54, 1.807) is 12.3 Å². The first-order valence-electron chi connectivity index (χ1n) is 9.80. The maximum atomic E-state index is 12.5. The highest BCUT2D eigenvalue weighted by atomic mass is 79.9. The van der Waals surface area contributed by atoms with Crippen LogP contribution < -0.4 is 10.1 Å². The fraction of sp³-hybridized carbons (Fsp3) is 0.167. The Kier molecular flexibility index (Phi) is 6.25. The highest BCUT2D eigenvalue weighted by Crippen LogP contribution is 2.38. The predicted molar refractivity (Wildman–Crippen MR) is 130 cm³/mol. The van der Waals surface area contributed by atoms with Gasteiger partial charge in [-0.05, 0) is 50.1 Å². The number of carbonyl (C=O) groups is 1. The Morgan fingerprint density at radius 2 is 2.16 bits per heavy atom. The van der Waals surface area contributed by atoms with Crippen LogP contribution in [0.2, 0.25) is 0 Å². The minimum Gasteiger partial charge on any atom is -0.493 e. The number of carbonyl (C=O) groups excluding carboxylic acids is 1. The van der Waals surface area contributed by atoms with Crippen LogP contribution in [0.4, 0.5) is 5.13 Å². The first-order valence-corrected chi connectivity index (χ1v) is 11.5. The summed E-state index contributed by atoms with van der Waals surface area (Å²) in [6, 6.07) is 12.0. The normalized spacial score (nSPS) is 11.7. The second kappa shape index (κ2) is 9.08. The lowest BCUT2D eigenvalue weighted by Gasteiger charge is -2.11. The number of nitrogens with zero attached hydrogens (tertiary/aromatic N) is 1. The third-order valence-corrected chi connectivity index (χ3v) is 6.10. The number of anilines is 1. The van der Waals surface area contributed by atoms with Crippen molar-refractivity contribution >= 4 is 54.8 Å². The van der Waals surface area contributed by atoms with Crippen LogP contribution >= 0.6 is 27.3 Å². The second-order valence-electron chi connectivity index (χ2n) is 7.05. The molecular weight excluding hydrogens is 476 g/mol. The average Bonchev–Trinajstić information content (AvgIpc) is 3.33. The first-order chi connectivity index (χ1) is 14.9. The van der Waals surface area contributed by atoms with Crippen LogP contribution in [0.5, 0.6) is 5.75 Å². The molecule has 4 aromatic rings. The molecule has 0 unspecified atom stereocenters. The van der Waals surface area contributed by atoms with Crippen molar-refractivity contribution in [2.45, 2.75) is 20.8 Å². The number of halogens is 1. The summed E-state index contributed by atoms with van der Waals surface area (Å²) in [7, 11) is 0. The predicted octanol–water partition coefficient (Wildman–Crippen LogP) is 7.07. The van der Waals surface area contributed by atoms with E-state index in [0.29, 0.717) is 17.5 Å². The van der Waals surface area contributed by atoms with Crippen molar-refractivity contribution in [2.24, 2.45) is 0 Å². The summed E-state index contributed by atoms with van der Waals surface area (Å²) in [5.74, 6) is 0.450. The molecule has 0 atom stereocenters. The largest absolute Gasteiger partial charge is 0.493 e. The van der Waals surface area contributed by atoms with Crippen molar-refractivity contribution in [3.63, 3.8) is 0 Å². The zero-order chi connectivity index (χ0) is 22.0. The molecular formula is C24H21BrN2O3S. The number of thiazole rings is 1. The van der Waals surface area contributed by atoms with E-state index >= 15 is 0 Å². The zero-order valence-electron chi connectivity index (χ0n) is 17.4. The quantitative estimate of drug-likeness (QED) is 0.290. The molecule has 0 bridgehead atoms. The number of fused-ring (bicyclic) bond motifs is 1. The van der Waals surface area contributed by atoms with Crippen LogP contribution in [-0.2, 0) is 4.79 Å². The minimum atomic E-state index is -0.228. The summed E-state index contributed by atoms with van der Waals surface area (Å²) < 4.78 is 12.7. The van der Waals surface area contributed by atoms with Gasteiger partial charge in [-0.1, -0.05) is 28.1 Å². The Morgan fingerprint density at radius 3 is 2.87 bits per heavy atom. The third kappa shape index (κ3) is 4.73. The summed E-state index contributed by atoms with van der Waals surface area (Å²) in [6.07, 6.45) is 3.32. The molecule has 5 nitrogen and oxygen atoms in total. The molecule has 31 heavy (non-hydrogen) atoms. The number of rotatable bonds is 6.